The third kappa shape index (κ3) is 4.00. The maximum absolute atomic E-state index is 13.3. The zero-order chi connectivity index (χ0) is 11.3. The molecular weight excluding hydrogens is 189 g/mol. The van der Waals surface area contributed by atoms with Gasteiger partial charge in [-0.1, -0.05) is 38.0 Å². The molecule has 0 amide bonds. The van der Waals surface area contributed by atoms with Gasteiger partial charge in [0.2, 0.25) is 0 Å². The molecule has 1 aromatic carbocycles. The van der Waals surface area contributed by atoms with Crippen molar-refractivity contribution in [1.29, 1.82) is 0 Å². The van der Waals surface area contributed by atoms with E-state index < -0.39 is 0 Å². The summed E-state index contributed by atoms with van der Waals surface area (Å²) in [7, 11) is 0. The van der Waals surface area contributed by atoms with Crippen molar-refractivity contribution >= 4 is 0 Å². The Morgan fingerprint density at radius 2 is 2.13 bits per heavy atom. The van der Waals surface area contributed by atoms with Gasteiger partial charge in [-0.2, -0.15) is 0 Å². The average molecular weight is 209 g/mol. The van der Waals surface area contributed by atoms with Crippen LogP contribution < -0.4 is 5.32 Å². The highest BCUT2D eigenvalue weighted by Crippen LogP contribution is 2.09. The summed E-state index contributed by atoms with van der Waals surface area (Å²) in [5, 5.41) is 3.28. The van der Waals surface area contributed by atoms with E-state index in [1.54, 1.807) is 6.07 Å². The quantitative estimate of drug-likeness (QED) is 0.784. The van der Waals surface area contributed by atoms with E-state index in [-0.39, 0.29) is 5.82 Å². The van der Waals surface area contributed by atoms with Gasteiger partial charge in [-0.25, -0.2) is 4.39 Å². The molecular formula is C13H20FN. The molecule has 0 bridgehead atoms. The van der Waals surface area contributed by atoms with Crippen LogP contribution in [0, 0.1) is 18.7 Å². The van der Waals surface area contributed by atoms with Crippen LogP contribution >= 0.6 is 0 Å². The molecule has 0 aliphatic rings. The molecule has 1 nitrogen and oxygen atoms in total. The average Bonchev–Trinajstić information content (AvgIpc) is 2.23. The summed E-state index contributed by atoms with van der Waals surface area (Å²) in [6, 6.07) is 5.24. The molecule has 2 heteroatoms. The Morgan fingerprint density at radius 3 is 2.80 bits per heavy atom. The fourth-order valence-corrected chi connectivity index (χ4v) is 1.44. The molecule has 0 aliphatic heterocycles. The molecule has 1 N–H and O–H groups in total. The summed E-state index contributed by atoms with van der Waals surface area (Å²) in [5.74, 6) is 0.537. The summed E-state index contributed by atoms with van der Waals surface area (Å²) in [4.78, 5) is 0. The van der Waals surface area contributed by atoms with Crippen LogP contribution in [0.5, 0.6) is 0 Å². The second-order valence-corrected chi connectivity index (χ2v) is 4.24. The van der Waals surface area contributed by atoms with Crippen molar-refractivity contribution in [1.82, 2.24) is 5.32 Å². The van der Waals surface area contributed by atoms with E-state index in [0.717, 1.165) is 24.1 Å². The van der Waals surface area contributed by atoms with E-state index >= 15 is 0 Å². The van der Waals surface area contributed by atoms with Gasteiger partial charge in [-0.3, -0.25) is 0 Å². The second-order valence-electron chi connectivity index (χ2n) is 4.24. The molecule has 0 aliphatic carbocycles. The number of hydrogen-bond acceptors (Lipinski definition) is 1. The highest BCUT2D eigenvalue weighted by Gasteiger charge is 2.03. The molecule has 1 aromatic rings. The lowest BCUT2D eigenvalue weighted by atomic mass is 10.1. The fraction of sp³-hybridized carbons (Fsp3) is 0.538. The van der Waals surface area contributed by atoms with E-state index in [1.165, 1.54) is 6.07 Å². The third-order valence-electron chi connectivity index (χ3n) is 2.71. The van der Waals surface area contributed by atoms with Gasteiger partial charge in [-0.15, -0.1) is 0 Å². The minimum Gasteiger partial charge on any atom is -0.312 e. The number of benzene rings is 1. The van der Waals surface area contributed by atoms with Crippen LogP contribution in [-0.4, -0.2) is 6.54 Å². The highest BCUT2D eigenvalue weighted by atomic mass is 19.1. The zero-order valence-corrected chi connectivity index (χ0v) is 9.81. The van der Waals surface area contributed by atoms with E-state index in [4.69, 9.17) is 0 Å². The third-order valence-corrected chi connectivity index (χ3v) is 2.71. The summed E-state index contributed by atoms with van der Waals surface area (Å²) in [6.07, 6.45) is 1.16. The van der Waals surface area contributed by atoms with Gasteiger partial charge >= 0.3 is 0 Å². The molecule has 84 valence electrons. The minimum absolute atomic E-state index is 0.114. The van der Waals surface area contributed by atoms with Crippen LogP contribution in [0.4, 0.5) is 4.39 Å². The second kappa shape index (κ2) is 5.86. The maximum Gasteiger partial charge on any atom is 0.127 e. The normalized spacial score (nSPS) is 12.8. The first kappa shape index (κ1) is 12.2. The molecule has 1 unspecified atom stereocenters. The standard InChI is InChI=1S/C13H20FN/c1-4-10(2)8-15-9-12-7-11(3)5-6-13(12)14/h5-7,10,15H,4,8-9H2,1-3H3. The van der Waals surface area contributed by atoms with E-state index in [1.807, 2.05) is 13.0 Å². The molecule has 0 spiro atoms. The van der Waals surface area contributed by atoms with Crippen molar-refractivity contribution < 1.29 is 4.39 Å². The molecule has 0 saturated heterocycles. The van der Waals surface area contributed by atoms with Gasteiger partial charge in [0.15, 0.2) is 0 Å². The van der Waals surface area contributed by atoms with Gasteiger partial charge in [-0.05, 0) is 25.5 Å². The Hall–Kier alpha value is -0.890. The Morgan fingerprint density at radius 1 is 1.40 bits per heavy atom. The number of rotatable bonds is 5. The summed E-state index contributed by atoms with van der Waals surface area (Å²) in [5.41, 5.74) is 1.87. The Bertz CT molecular complexity index is 309. The van der Waals surface area contributed by atoms with Gasteiger partial charge in [0.1, 0.15) is 5.82 Å². The number of nitrogens with one attached hydrogen (secondary N) is 1. The van der Waals surface area contributed by atoms with E-state index in [9.17, 15) is 4.39 Å². The number of hydrogen-bond donors (Lipinski definition) is 1. The molecule has 0 aromatic heterocycles. The van der Waals surface area contributed by atoms with Crippen LogP contribution in [0.25, 0.3) is 0 Å². The zero-order valence-electron chi connectivity index (χ0n) is 9.81. The van der Waals surface area contributed by atoms with E-state index in [0.29, 0.717) is 12.5 Å². The first-order valence-corrected chi connectivity index (χ1v) is 5.59. The first-order valence-electron chi connectivity index (χ1n) is 5.59. The van der Waals surface area contributed by atoms with Crippen molar-refractivity contribution in [3.05, 3.63) is 35.1 Å². The van der Waals surface area contributed by atoms with Crippen molar-refractivity contribution in [3.63, 3.8) is 0 Å². The van der Waals surface area contributed by atoms with Crippen LogP contribution in [0.1, 0.15) is 31.4 Å². The molecule has 1 rings (SSSR count). The van der Waals surface area contributed by atoms with Crippen molar-refractivity contribution in [3.8, 4) is 0 Å². The lowest BCUT2D eigenvalue weighted by Crippen LogP contribution is -2.20. The first-order chi connectivity index (χ1) is 7.13. The Balaban J connectivity index is 2.46. The summed E-state index contributed by atoms with van der Waals surface area (Å²) >= 11 is 0. The van der Waals surface area contributed by atoms with Crippen molar-refractivity contribution in [2.45, 2.75) is 33.7 Å². The lowest BCUT2D eigenvalue weighted by molar-refractivity contribution is 0.492. The number of aryl methyl sites for hydroxylation is 1. The van der Waals surface area contributed by atoms with Crippen LogP contribution in [0.3, 0.4) is 0 Å². The van der Waals surface area contributed by atoms with Gasteiger partial charge in [0.05, 0.1) is 0 Å². The SMILES string of the molecule is CCC(C)CNCc1cc(C)ccc1F. The molecule has 0 radical (unpaired) electrons. The van der Waals surface area contributed by atoms with E-state index in [2.05, 4.69) is 19.2 Å². The van der Waals surface area contributed by atoms with Crippen molar-refractivity contribution in [2.24, 2.45) is 5.92 Å². The van der Waals surface area contributed by atoms with Gasteiger partial charge in [0, 0.05) is 12.1 Å². The molecule has 0 heterocycles. The van der Waals surface area contributed by atoms with Crippen LogP contribution in [0.15, 0.2) is 18.2 Å². The molecule has 0 saturated carbocycles. The van der Waals surface area contributed by atoms with Gasteiger partial charge in [0.25, 0.3) is 0 Å². The highest BCUT2D eigenvalue weighted by molar-refractivity contribution is 5.23. The molecule has 0 fully saturated rings. The smallest absolute Gasteiger partial charge is 0.127 e. The topological polar surface area (TPSA) is 12.0 Å². The number of halogens is 1. The Kier molecular flexibility index (Phi) is 4.76. The van der Waals surface area contributed by atoms with Gasteiger partial charge < -0.3 is 5.32 Å². The van der Waals surface area contributed by atoms with Crippen LogP contribution in [0.2, 0.25) is 0 Å². The Labute approximate surface area is 91.7 Å². The predicted molar refractivity (Wildman–Crippen MR) is 62.3 cm³/mol. The summed E-state index contributed by atoms with van der Waals surface area (Å²) in [6.45, 7) is 7.92. The van der Waals surface area contributed by atoms with Crippen molar-refractivity contribution in [2.75, 3.05) is 6.54 Å². The maximum atomic E-state index is 13.3. The summed E-state index contributed by atoms with van der Waals surface area (Å²) < 4.78 is 13.3. The van der Waals surface area contributed by atoms with Crippen LogP contribution in [-0.2, 0) is 6.54 Å². The lowest BCUT2D eigenvalue weighted by Gasteiger charge is -2.10. The minimum atomic E-state index is -0.114. The fourth-order valence-electron chi connectivity index (χ4n) is 1.44. The predicted octanol–water partition coefficient (Wildman–Crippen LogP) is 3.27. The largest absolute Gasteiger partial charge is 0.312 e. The molecule has 15 heavy (non-hydrogen) atoms. The monoisotopic (exact) mass is 209 g/mol. The molecule has 1 atom stereocenters.